The maximum absolute atomic E-state index is 12.6. The molecule has 148 valence electrons. The van der Waals surface area contributed by atoms with Gasteiger partial charge in [-0.2, -0.15) is 0 Å². The maximum atomic E-state index is 12.6. The van der Waals surface area contributed by atoms with Crippen molar-refractivity contribution in [1.29, 1.82) is 0 Å². The van der Waals surface area contributed by atoms with Crippen LogP contribution in [0.4, 0.5) is 0 Å². The molecule has 0 saturated carbocycles. The lowest BCUT2D eigenvalue weighted by Crippen LogP contribution is -2.37. The van der Waals surface area contributed by atoms with Crippen molar-refractivity contribution in [2.45, 2.75) is 32.9 Å². The number of nitrogens with one attached hydrogen (secondary N) is 1. The lowest BCUT2D eigenvalue weighted by molar-refractivity contribution is -0.128. The molecule has 0 aliphatic carbocycles. The summed E-state index contributed by atoms with van der Waals surface area (Å²) in [5, 5.41) is 4.71. The van der Waals surface area contributed by atoms with Gasteiger partial charge in [0.05, 0.1) is 6.04 Å². The van der Waals surface area contributed by atoms with E-state index in [0.717, 1.165) is 21.9 Å². The fourth-order valence-electron chi connectivity index (χ4n) is 3.25. The van der Waals surface area contributed by atoms with Gasteiger partial charge in [0, 0.05) is 22.9 Å². The van der Waals surface area contributed by atoms with Crippen LogP contribution in [0.15, 0.2) is 68.2 Å². The van der Waals surface area contributed by atoms with Crippen molar-refractivity contribution < 1.29 is 18.4 Å². The minimum atomic E-state index is -0.740. The standard InChI is InChI=1S/C23H21NO5/c1-13-10-22(25)29-21-12-17(8-9-18(13)21)27-15(3)23(26)24-14(2)20-11-16-6-4-5-7-19(16)28-20/h4-12,14-15H,1-3H3,(H,24,26). The van der Waals surface area contributed by atoms with E-state index < -0.39 is 11.7 Å². The van der Waals surface area contributed by atoms with Crippen molar-refractivity contribution in [3.05, 3.63) is 76.3 Å². The number of benzene rings is 2. The van der Waals surface area contributed by atoms with Crippen molar-refractivity contribution in [1.82, 2.24) is 5.32 Å². The molecule has 4 aromatic rings. The van der Waals surface area contributed by atoms with Crippen molar-refractivity contribution in [3.63, 3.8) is 0 Å². The zero-order valence-electron chi connectivity index (χ0n) is 16.4. The molecule has 6 heteroatoms. The van der Waals surface area contributed by atoms with Crippen molar-refractivity contribution in [2.75, 3.05) is 0 Å². The zero-order valence-corrected chi connectivity index (χ0v) is 16.4. The number of amides is 1. The maximum Gasteiger partial charge on any atom is 0.336 e. The van der Waals surface area contributed by atoms with E-state index in [1.807, 2.05) is 50.2 Å². The molecule has 1 amide bonds. The monoisotopic (exact) mass is 391 g/mol. The Bertz CT molecular complexity index is 1220. The quantitative estimate of drug-likeness (QED) is 0.507. The van der Waals surface area contributed by atoms with Crippen LogP contribution >= 0.6 is 0 Å². The fraction of sp³-hybridized carbons (Fsp3) is 0.217. The highest BCUT2D eigenvalue weighted by Gasteiger charge is 2.20. The third-order valence-electron chi connectivity index (χ3n) is 4.84. The average molecular weight is 391 g/mol. The van der Waals surface area contributed by atoms with Crippen LogP contribution in [0.5, 0.6) is 5.75 Å². The Morgan fingerprint density at radius 2 is 1.79 bits per heavy atom. The molecule has 4 rings (SSSR count). The smallest absolute Gasteiger partial charge is 0.336 e. The SMILES string of the molecule is Cc1cc(=O)oc2cc(OC(C)C(=O)NC(C)c3cc4ccccc4o3)ccc12. The van der Waals surface area contributed by atoms with Gasteiger partial charge in [-0.3, -0.25) is 4.79 Å². The molecule has 2 aromatic carbocycles. The fourth-order valence-corrected chi connectivity index (χ4v) is 3.25. The molecule has 2 atom stereocenters. The molecule has 0 bridgehead atoms. The van der Waals surface area contributed by atoms with E-state index in [2.05, 4.69) is 5.32 Å². The predicted octanol–water partition coefficient (Wildman–Crippen LogP) is 4.49. The van der Waals surface area contributed by atoms with Crippen LogP contribution in [0.25, 0.3) is 21.9 Å². The minimum Gasteiger partial charge on any atom is -0.481 e. The number of fused-ring (bicyclic) bond motifs is 2. The molecule has 1 N–H and O–H groups in total. The van der Waals surface area contributed by atoms with Gasteiger partial charge in [-0.05, 0) is 50.6 Å². The summed E-state index contributed by atoms with van der Waals surface area (Å²) < 4.78 is 16.8. The summed E-state index contributed by atoms with van der Waals surface area (Å²) in [5.41, 5.74) is 1.61. The minimum absolute atomic E-state index is 0.274. The van der Waals surface area contributed by atoms with Crippen molar-refractivity contribution in [2.24, 2.45) is 0 Å². The van der Waals surface area contributed by atoms with Gasteiger partial charge in [-0.25, -0.2) is 4.79 Å². The van der Waals surface area contributed by atoms with E-state index >= 15 is 0 Å². The Kier molecular flexibility index (Phi) is 4.84. The Labute approximate surface area is 167 Å². The molecule has 0 radical (unpaired) electrons. The second kappa shape index (κ2) is 7.47. The summed E-state index contributed by atoms with van der Waals surface area (Å²) in [6, 6.07) is 15.9. The van der Waals surface area contributed by atoms with Gasteiger partial charge in [0.2, 0.25) is 0 Å². The molecule has 2 unspecified atom stereocenters. The molecular weight excluding hydrogens is 370 g/mol. The number of hydrogen-bond donors (Lipinski definition) is 1. The first-order valence-electron chi connectivity index (χ1n) is 9.41. The number of para-hydroxylation sites is 1. The van der Waals surface area contributed by atoms with Gasteiger partial charge in [0.15, 0.2) is 6.10 Å². The van der Waals surface area contributed by atoms with E-state index in [-0.39, 0.29) is 11.9 Å². The van der Waals surface area contributed by atoms with Gasteiger partial charge in [0.25, 0.3) is 5.91 Å². The molecule has 6 nitrogen and oxygen atoms in total. The number of rotatable bonds is 5. The third-order valence-corrected chi connectivity index (χ3v) is 4.84. The molecule has 2 aromatic heterocycles. The number of aryl methyl sites for hydroxylation is 1. The van der Waals surface area contributed by atoms with E-state index in [9.17, 15) is 9.59 Å². The highest BCUT2D eigenvalue weighted by atomic mass is 16.5. The average Bonchev–Trinajstić information content (AvgIpc) is 3.12. The third kappa shape index (κ3) is 3.87. The van der Waals surface area contributed by atoms with Gasteiger partial charge in [0.1, 0.15) is 22.7 Å². The lowest BCUT2D eigenvalue weighted by Gasteiger charge is -2.17. The summed E-state index contributed by atoms with van der Waals surface area (Å²) in [4.78, 5) is 24.2. The van der Waals surface area contributed by atoms with Crippen LogP contribution in [0, 0.1) is 6.92 Å². The first-order valence-corrected chi connectivity index (χ1v) is 9.41. The van der Waals surface area contributed by atoms with E-state index in [0.29, 0.717) is 17.1 Å². The summed E-state index contributed by atoms with van der Waals surface area (Å²) in [6.07, 6.45) is -0.740. The van der Waals surface area contributed by atoms with Gasteiger partial charge in [-0.15, -0.1) is 0 Å². The second-order valence-corrected chi connectivity index (χ2v) is 7.08. The highest BCUT2D eigenvalue weighted by Crippen LogP contribution is 2.25. The highest BCUT2D eigenvalue weighted by molar-refractivity contribution is 5.83. The molecule has 0 aliphatic heterocycles. The molecular formula is C23H21NO5. The first kappa shape index (κ1) is 18.8. The van der Waals surface area contributed by atoms with Crippen molar-refractivity contribution in [3.8, 4) is 5.75 Å². The molecule has 2 heterocycles. The number of carbonyl (C=O) groups is 1. The van der Waals surface area contributed by atoms with Crippen molar-refractivity contribution >= 4 is 27.8 Å². The number of hydrogen-bond acceptors (Lipinski definition) is 5. The number of carbonyl (C=O) groups excluding carboxylic acids is 1. The lowest BCUT2D eigenvalue weighted by atomic mass is 10.1. The molecule has 0 fully saturated rings. The van der Waals surface area contributed by atoms with Crippen LogP contribution in [-0.4, -0.2) is 12.0 Å². The normalized spacial score (nSPS) is 13.3. The van der Waals surface area contributed by atoms with Gasteiger partial charge < -0.3 is 18.9 Å². The second-order valence-electron chi connectivity index (χ2n) is 7.08. The summed E-state index contributed by atoms with van der Waals surface area (Å²) >= 11 is 0. The topological polar surface area (TPSA) is 81.7 Å². The van der Waals surface area contributed by atoms with Crippen LogP contribution in [0.1, 0.15) is 31.2 Å². The summed E-state index contributed by atoms with van der Waals surface area (Å²) in [7, 11) is 0. The van der Waals surface area contributed by atoms with E-state index in [1.165, 1.54) is 6.07 Å². The van der Waals surface area contributed by atoms with Crippen LogP contribution in [0.3, 0.4) is 0 Å². The molecule has 0 spiro atoms. The zero-order chi connectivity index (χ0) is 20.5. The van der Waals surface area contributed by atoms with Gasteiger partial charge in [-0.1, -0.05) is 18.2 Å². The van der Waals surface area contributed by atoms with Gasteiger partial charge >= 0.3 is 5.63 Å². The summed E-state index contributed by atoms with van der Waals surface area (Å²) in [6.45, 7) is 5.36. The Balaban J connectivity index is 1.46. The van der Waals surface area contributed by atoms with E-state index in [4.69, 9.17) is 13.6 Å². The number of ether oxygens (including phenoxy) is 1. The van der Waals surface area contributed by atoms with Crippen LogP contribution < -0.4 is 15.7 Å². The van der Waals surface area contributed by atoms with E-state index in [1.54, 1.807) is 19.1 Å². The number of furan rings is 1. The molecule has 29 heavy (non-hydrogen) atoms. The predicted molar refractivity (Wildman–Crippen MR) is 110 cm³/mol. The van der Waals surface area contributed by atoms with Crippen LogP contribution in [0.2, 0.25) is 0 Å². The Morgan fingerprint density at radius 1 is 1.00 bits per heavy atom. The first-order chi connectivity index (χ1) is 13.9. The Hall–Kier alpha value is -3.54. The molecule has 0 aliphatic rings. The molecule has 0 saturated heterocycles. The van der Waals surface area contributed by atoms with Crippen LogP contribution in [-0.2, 0) is 4.79 Å². The largest absolute Gasteiger partial charge is 0.481 e. The summed E-state index contributed by atoms with van der Waals surface area (Å²) in [5.74, 6) is 0.851. The Morgan fingerprint density at radius 3 is 2.59 bits per heavy atom.